The van der Waals surface area contributed by atoms with Crippen LogP contribution in [0.5, 0.6) is 5.75 Å². The predicted molar refractivity (Wildman–Crippen MR) is 110 cm³/mol. The molecular weight excluding hydrogens is 446 g/mol. The summed E-state index contributed by atoms with van der Waals surface area (Å²) in [5.74, 6) is 0.837. The van der Waals surface area contributed by atoms with Gasteiger partial charge in [-0.25, -0.2) is 0 Å². The SMILES string of the molecule is C[N-]c1c(C=NCc2ccccc2)cc(OC)cc1C(C)(C)C.[Cl][Zr][Cl]. The summed E-state index contributed by atoms with van der Waals surface area (Å²) in [5, 5.41) is 4.49. The first-order valence-electron chi connectivity index (χ1n) is 8.19. The Hall–Kier alpha value is -0.827. The van der Waals surface area contributed by atoms with Gasteiger partial charge in [-0.15, -0.1) is 12.7 Å². The van der Waals surface area contributed by atoms with Gasteiger partial charge in [0.2, 0.25) is 0 Å². The van der Waals surface area contributed by atoms with E-state index in [0.717, 1.165) is 17.0 Å². The van der Waals surface area contributed by atoms with Crippen LogP contribution in [-0.4, -0.2) is 20.4 Å². The Balaban J connectivity index is 0.00000105. The molecule has 0 fully saturated rings. The van der Waals surface area contributed by atoms with E-state index in [1.807, 2.05) is 37.5 Å². The maximum atomic E-state index is 5.45. The van der Waals surface area contributed by atoms with Crippen LogP contribution in [0.15, 0.2) is 47.5 Å². The minimum absolute atomic E-state index is 0.00853. The van der Waals surface area contributed by atoms with E-state index in [1.54, 1.807) is 7.11 Å². The third-order valence-electron chi connectivity index (χ3n) is 3.73. The molecule has 0 spiro atoms. The van der Waals surface area contributed by atoms with E-state index in [1.165, 1.54) is 11.1 Å². The van der Waals surface area contributed by atoms with Crippen LogP contribution >= 0.6 is 17.0 Å². The zero-order valence-corrected chi connectivity index (χ0v) is 19.9. The van der Waals surface area contributed by atoms with Gasteiger partial charge in [0, 0.05) is 6.21 Å². The minimum atomic E-state index is -0.826. The molecule has 6 heteroatoms. The van der Waals surface area contributed by atoms with Crippen LogP contribution in [0.1, 0.15) is 37.5 Å². The molecule has 2 aromatic carbocycles. The van der Waals surface area contributed by atoms with Gasteiger partial charge in [0.1, 0.15) is 5.75 Å². The number of aliphatic imine (C=N–C) groups is 1. The molecule has 26 heavy (non-hydrogen) atoms. The normalized spacial score (nSPS) is 10.9. The second kappa shape index (κ2) is 11.8. The van der Waals surface area contributed by atoms with Crippen molar-refractivity contribution in [1.29, 1.82) is 0 Å². The Morgan fingerprint density at radius 1 is 1.15 bits per heavy atom. The molecule has 140 valence electrons. The van der Waals surface area contributed by atoms with Crippen LogP contribution in [0.2, 0.25) is 0 Å². The summed E-state index contributed by atoms with van der Waals surface area (Å²) < 4.78 is 5.45. The van der Waals surface area contributed by atoms with Gasteiger partial charge in [0.25, 0.3) is 0 Å². The zero-order chi connectivity index (χ0) is 19.6. The first kappa shape index (κ1) is 23.2. The molecule has 0 saturated carbocycles. The third-order valence-corrected chi connectivity index (χ3v) is 3.73. The predicted octanol–water partition coefficient (Wildman–Crippen LogP) is 6.62. The Kier molecular flexibility index (Phi) is 10.5. The molecule has 0 radical (unpaired) electrons. The Morgan fingerprint density at radius 2 is 1.77 bits per heavy atom. The molecular formula is C20H25Cl2N2OZr-. The number of hydrogen-bond donors (Lipinski definition) is 0. The molecule has 0 aromatic heterocycles. The second-order valence-electron chi connectivity index (χ2n) is 6.61. The van der Waals surface area contributed by atoms with E-state index in [-0.39, 0.29) is 5.41 Å². The number of hydrogen-bond acceptors (Lipinski definition) is 2. The van der Waals surface area contributed by atoms with Crippen molar-refractivity contribution in [2.45, 2.75) is 32.7 Å². The van der Waals surface area contributed by atoms with E-state index in [0.29, 0.717) is 6.54 Å². The van der Waals surface area contributed by atoms with Gasteiger partial charge in [-0.3, -0.25) is 4.99 Å². The molecule has 0 atom stereocenters. The molecule has 0 bridgehead atoms. The molecule has 0 heterocycles. The van der Waals surface area contributed by atoms with Crippen LogP contribution in [0, 0.1) is 0 Å². The Bertz CT molecular complexity index is 701. The van der Waals surface area contributed by atoms with Gasteiger partial charge in [-0.2, -0.15) is 0 Å². The van der Waals surface area contributed by atoms with Crippen LogP contribution in [0.25, 0.3) is 5.32 Å². The van der Waals surface area contributed by atoms with Crippen LogP contribution in [-0.2, 0) is 32.8 Å². The third kappa shape index (κ3) is 7.42. The van der Waals surface area contributed by atoms with Gasteiger partial charge in [-0.05, 0) is 28.7 Å². The monoisotopic (exact) mass is 469 g/mol. The van der Waals surface area contributed by atoms with Crippen LogP contribution in [0.3, 0.4) is 0 Å². The molecule has 3 nitrogen and oxygen atoms in total. The molecule has 0 aliphatic heterocycles. The molecule has 0 saturated heterocycles. The topological polar surface area (TPSA) is 35.7 Å². The summed E-state index contributed by atoms with van der Waals surface area (Å²) in [4.78, 5) is 4.58. The average molecular weight is 472 g/mol. The van der Waals surface area contributed by atoms with Crippen molar-refractivity contribution >= 4 is 28.9 Å². The quantitative estimate of drug-likeness (QED) is 0.451. The standard InChI is InChI=1S/C20H25N2O.2ClH.Zr/c1-20(2,3)18-12-17(23-5)11-16(19(18)21-4)14-22-13-15-9-7-6-8-10-15;;;/h6-12,14H,13H2,1-5H3;2*1H;/q-1;;;+2/p-2. The van der Waals surface area contributed by atoms with Crippen molar-refractivity contribution in [3.05, 3.63) is 64.5 Å². The summed E-state index contributed by atoms with van der Waals surface area (Å²) in [6.07, 6.45) is 1.90. The van der Waals surface area contributed by atoms with Crippen molar-refractivity contribution in [2.75, 3.05) is 14.2 Å². The van der Waals surface area contributed by atoms with Crippen molar-refractivity contribution in [3.63, 3.8) is 0 Å². The fourth-order valence-corrected chi connectivity index (χ4v) is 2.50. The number of ether oxygens (including phenoxy) is 1. The van der Waals surface area contributed by atoms with Crippen molar-refractivity contribution in [3.8, 4) is 5.75 Å². The molecule has 2 rings (SSSR count). The first-order valence-corrected chi connectivity index (χ1v) is 14.5. The first-order chi connectivity index (χ1) is 12.4. The van der Waals surface area contributed by atoms with Gasteiger partial charge in [-0.1, -0.05) is 56.7 Å². The molecule has 0 aliphatic carbocycles. The van der Waals surface area contributed by atoms with E-state index in [4.69, 9.17) is 21.8 Å². The van der Waals surface area contributed by atoms with E-state index >= 15 is 0 Å². The summed E-state index contributed by atoms with van der Waals surface area (Å²) in [6.45, 7) is 7.20. The van der Waals surface area contributed by atoms with E-state index < -0.39 is 20.8 Å². The number of halogens is 2. The second-order valence-corrected chi connectivity index (χ2v) is 10.3. The summed E-state index contributed by atoms with van der Waals surface area (Å²) in [5.41, 5.74) is 4.33. The van der Waals surface area contributed by atoms with Crippen molar-refractivity contribution < 1.29 is 25.6 Å². The van der Waals surface area contributed by atoms with Gasteiger partial charge in [0.05, 0.1) is 13.7 Å². The van der Waals surface area contributed by atoms with Gasteiger partial charge >= 0.3 is 37.9 Å². The summed E-state index contributed by atoms with van der Waals surface area (Å²) >= 11 is -0.826. The molecule has 0 amide bonds. The van der Waals surface area contributed by atoms with Crippen molar-refractivity contribution in [1.82, 2.24) is 0 Å². The average Bonchev–Trinajstić information content (AvgIpc) is 2.61. The fourth-order valence-electron chi connectivity index (χ4n) is 2.50. The van der Waals surface area contributed by atoms with Crippen molar-refractivity contribution in [2.24, 2.45) is 4.99 Å². The van der Waals surface area contributed by atoms with Crippen LogP contribution in [0.4, 0.5) is 5.69 Å². The van der Waals surface area contributed by atoms with E-state index in [9.17, 15) is 0 Å². The van der Waals surface area contributed by atoms with Gasteiger partial charge in [0.15, 0.2) is 0 Å². The Labute approximate surface area is 175 Å². The van der Waals surface area contributed by atoms with Crippen LogP contribution < -0.4 is 4.74 Å². The maximum absolute atomic E-state index is 5.45. The number of methoxy groups -OCH3 is 1. The molecule has 2 aromatic rings. The molecule has 0 N–H and O–H groups in total. The summed E-state index contributed by atoms with van der Waals surface area (Å²) in [7, 11) is 13.4. The summed E-state index contributed by atoms with van der Waals surface area (Å²) in [6, 6.07) is 14.3. The number of rotatable bonds is 5. The van der Waals surface area contributed by atoms with E-state index in [2.05, 4.69) is 49.3 Å². The number of benzene rings is 2. The zero-order valence-electron chi connectivity index (χ0n) is 15.9. The molecule has 0 aliphatic rings. The number of nitrogens with zero attached hydrogens (tertiary/aromatic N) is 2. The Morgan fingerprint density at radius 3 is 2.27 bits per heavy atom. The molecule has 0 unspecified atom stereocenters. The van der Waals surface area contributed by atoms with Gasteiger partial charge < -0.3 is 10.1 Å². The fraction of sp³-hybridized carbons (Fsp3) is 0.350.